The van der Waals surface area contributed by atoms with Crippen molar-refractivity contribution < 1.29 is 5.11 Å². The first-order valence-corrected chi connectivity index (χ1v) is 5.04. The van der Waals surface area contributed by atoms with Gasteiger partial charge in [0, 0.05) is 16.1 Å². The van der Waals surface area contributed by atoms with Crippen molar-refractivity contribution in [1.82, 2.24) is 0 Å². The Bertz CT molecular complexity index is 299. The molecule has 0 radical (unpaired) electrons. The molecule has 0 saturated carbocycles. The molecule has 1 rings (SSSR count). The SMILES string of the molecule is C[C@@H](N)c1cc(Br)cc(Br)c1O. The molecule has 1 aromatic rings. The first-order chi connectivity index (χ1) is 5.52. The van der Waals surface area contributed by atoms with Crippen LogP contribution in [-0.2, 0) is 0 Å². The standard InChI is InChI=1S/C8H9Br2NO/c1-4(11)6-2-5(9)3-7(10)8(6)12/h2-4,12H,11H2,1H3/t4-/m1/s1. The van der Waals surface area contributed by atoms with Crippen LogP contribution in [0, 0.1) is 0 Å². The van der Waals surface area contributed by atoms with Crippen LogP contribution in [0.1, 0.15) is 18.5 Å². The fraction of sp³-hybridized carbons (Fsp3) is 0.250. The van der Waals surface area contributed by atoms with Gasteiger partial charge < -0.3 is 10.8 Å². The maximum absolute atomic E-state index is 9.54. The van der Waals surface area contributed by atoms with Gasteiger partial charge in [-0.05, 0) is 35.0 Å². The largest absolute Gasteiger partial charge is 0.506 e. The summed E-state index contributed by atoms with van der Waals surface area (Å²) in [5.74, 6) is 0.216. The van der Waals surface area contributed by atoms with Crippen molar-refractivity contribution in [3.8, 4) is 5.75 Å². The Balaban J connectivity index is 3.28. The Labute approximate surface area is 88.0 Å². The summed E-state index contributed by atoms with van der Waals surface area (Å²) in [6.07, 6.45) is 0. The number of phenolic OH excluding ortho intramolecular Hbond substituents is 1. The van der Waals surface area contributed by atoms with E-state index >= 15 is 0 Å². The van der Waals surface area contributed by atoms with Crippen LogP contribution in [0.5, 0.6) is 5.75 Å². The van der Waals surface area contributed by atoms with Crippen LogP contribution in [0.15, 0.2) is 21.1 Å². The molecule has 1 atom stereocenters. The summed E-state index contributed by atoms with van der Waals surface area (Å²) < 4.78 is 1.56. The van der Waals surface area contributed by atoms with E-state index in [9.17, 15) is 5.11 Å². The maximum atomic E-state index is 9.54. The summed E-state index contributed by atoms with van der Waals surface area (Å²) in [6.45, 7) is 1.83. The van der Waals surface area contributed by atoms with Crippen molar-refractivity contribution >= 4 is 31.9 Å². The van der Waals surface area contributed by atoms with Crippen molar-refractivity contribution in [1.29, 1.82) is 0 Å². The van der Waals surface area contributed by atoms with E-state index in [1.165, 1.54) is 0 Å². The molecule has 0 aliphatic heterocycles. The van der Waals surface area contributed by atoms with Gasteiger partial charge >= 0.3 is 0 Å². The van der Waals surface area contributed by atoms with Crippen LogP contribution in [0.2, 0.25) is 0 Å². The third kappa shape index (κ3) is 2.00. The highest BCUT2D eigenvalue weighted by Gasteiger charge is 2.10. The lowest BCUT2D eigenvalue weighted by molar-refractivity contribution is 0.460. The Morgan fingerprint density at radius 2 is 2.00 bits per heavy atom. The highest BCUT2D eigenvalue weighted by atomic mass is 79.9. The number of aromatic hydroxyl groups is 1. The Morgan fingerprint density at radius 1 is 1.42 bits per heavy atom. The van der Waals surface area contributed by atoms with Gasteiger partial charge in [0.2, 0.25) is 0 Å². The molecule has 0 unspecified atom stereocenters. The molecule has 0 saturated heterocycles. The third-order valence-corrected chi connectivity index (χ3v) is 2.61. The lowest BCUT2D eigenvalue weighted by Crippen LogP contribution is -2.05. The van der Waals surface area contributed by atoms with Crippen LogP contribution in [0.4, 0.5) is 0 Å². The highest BCUT2D eigenvalue weighted by molar-refractivity contribution is 9.11. The monoisotopic (exact) mass is 293 g/mol. The quantitative estimate of drug-likeness (QED) is 0.836. The lowest BCUT2D eigenvalue weighted by Gasteiger charge is -2.10. The number of hydrogen-bond acceptors (Lipinski definition) is 2. The van der Waals surface area contributed by atoms with Gasteiger partial charge in [-0.15, -0.1) is 0 Å². The molecule has 0 heterocycles. The molecule has 0 amide bonds. The summed E-state index contributed by atoms with van der Waals surface area (Å²) in [6, 6.07) is 3.42. The maximum Gasteiger partial charge on any atom is 0.134 e. The molecule has 4 heteroatoms. The van der Waals surface area contributed by atoms with Gasteiger partial charge in [-0.3, -0.25) is 0 Å². The molecule has 0 bridgehead atoms. The molecule has 12 heavy (non-hydrogen) atoms. The van der Waals surface area contributed by atoms with Gasteiger partial charge in [0.15, 0.2) is 0 Å². The predicted octanol–water partition coefficient (Wildman–Crippen LogP) is 2.94. The molecule has 0 fully saturated rings. The number of halogens is 2. The molecule has 0 aliphatic carbocycles. The minimum atomic E-state index is -0.168. The van der Waals surface area contributed by atoms with Crippen LogP contribution in [0.3, 0.4) is 0 Å². The van der Waals surface area contributed by atoms with E-state index < -0.39 is 0 Å². The molecule has 0 aliphatic rings. The smallest absolute Gasteiger partial charge is 0.134 e. The minimum absolute atomic E-state index is 0.168. The zero-order valence-corrected chi connectivity index (χ0v) is 9.68. The number of phenols is 1. The van der Waals surface area contributed by atoms with Gasteiger partial charge in [0.1, 0.15) is 5.75 Å². The van der Waals surface area contributed by atoms with Crippen molar-refractivity contribution in [2.45, 2.75) is 13.0 Å². The van der Waals surface area contributed by atoms with Crippen molar-refractivity contribution in [2.75, 3.05) is 0 Å². The molecular weight excluding hydrogens is 286 g/mol. The highest BCUT2D eigenvalue weighted by Crippen LogP contribution is 2.34. The minimum Gasteiger partial charge on any atom is -0.506 e. The number of hydrogen-bond donors (Lipinski definition) is 2. The second-order valence-corrected chi connectivity index (χ2v) is 4.38. The van der Waals surface area contributed by atoms with Gasteiger partial charge in [0.05, 0.1) is 4.47 Å². The summed E-state index contributed by atoms with van der Waals surface area (Å²) in [5.41, 5.74) is 6.38. The summed E-state index contributed by atoms with van der Waals surface area (Å²) in [7, 11) is 0. The zero-order chi connectivity index (χ0) is 9.30. The van der Waals surface area contributed by atoms with E-state index in [-0.39, 0.29) is 11.8 Å². The molecule has 0 aromatic heterocycles. The van der Waals surface area contributed by atoms with Crippen LogP contribution in [0.25, 0.3) is 0 Å². The van der Waals surface area contributed by atoms with E-state index in [1.54, 1.807) is 6.07 Å². The summed E-state index contributed by atoms with van der Waals surface area (Å²) in [4.78, 5) is 0. The third-order valence-electron chi connectivity index (χ3n) is 1.55. The lowest BCUT2D eigenvalue weighted by atomic mass is 10.1. The summed E-state index contributed by atoms with van der Waals surface area (Å²) >= 11 is 6.55. The molecule has 3 N–H and O–H groups in total. The first kappa shape index (κ1) is 10.0. The molecule has 1 aromatic carbocycles. The molecular formula is C8H9Br2NO. The number of nitrogens with two attached hydrogens (primary N) is 1. The predicted molar refractivity (Wildman–Crippen MR) is 56.1 cm³/mol. The first-order valence-electron chi connectivity index (χ1n) is 3.46. The summed E-state index contributed by atoms with van der Waals surface area (Å²) in [5, 5.41) is 9.54. The van der Waals surface area contributed by atoms with Crippen molar-refractivity contribution in [3.63, 3.8) is 0 Å². The topological polar surface area (TPSA) is 46.2 Å². The van der Waals surface area contributed by atoms with Gasteiger partial charge in [0.25, 0.3) is 0 Å². The van der Waals surface area contributed by atoms with E-state index in [2.05, 4.69) is 31.9 Å². The van der Waals surface area contributed by atoms with Gasteiger partial charge in [-0.2, -0.15) is 0 Å². The van der Waals surface area contributed by atoms with Crippen molar-refractivity contribution in [2.24, 2.45) is 5.73 Å². The van der Waals surface area contributed by atoms with Crippen LogP contribution in [-0.4, -0.2) is 5.11 Å². The van der Waals surface area contributed by atoms with E-state index in [0.29, 0.717) is 4.47 Å². The average Bonchev–Trinajstić information content (AvgIpc) is 1.96. The van der Waals surface area contributed by atoms with Crippen LogP contribution < -0.4 is 5.73 Å². The number of benzene rings is 1. The molecule has 66 valence electrons. The fourth-order valence-electron chi connectivity index (χ4n) is 0.933. The van der Waals surface area contributed by atoms with E-state index in [1.807, 2.05) is 13.0 Å². The zero-order valence-electron chi connectivity index (χ0n) is 6.51. The van der Waals surface area contributed by atoms with E-state index in [0.717, 1.165) is 10.0 Å². The molecule has 2 nitrogen and oxygen atoms in total. The molecule has 0 spiro atoms. The van der Waals surface area contributed by atoms with Gasteiger partial charge in [-0.1, -0.05) is 15.9 Å². The van der Waals surface area contributed by atoms with Crippen LogP contribution >= 0.6 is 31.9 Å². The second-order valence-electron chi connectivity index (χ2n) is 2.61. The average molecular weight is 295 g/mol. The normalized spacial score (nSPS) is 13.0. The Kier molecular flexibility index (Phi) is 3.15. The Morgan fingerprint density at radius 3 is 2.50 bits per heavy atom. The van der Waals surface area contributed by atoms with E-state index in [4.69, 9.17) is 5.73 Å². The van der Waals surface area contributed by atoms with Gasteiger partial charge in [-0.25, -0.2) is 0 Å². The Hall–Kier alpha value is -0.0600. The number of rotatable bonds is 1. The van der Waals surface area contributed by atoms with Crippen molar-refractivity contribution in [3.05, 3.63) is 26.6 Å². The second kappa shape index (κ2) is 3.77. The fourth-order valence-corrected chi connectivity index (χ4v) is 2.19.